The van der Waals surface area contributed by atoms with Crippen molar-refractivity contribution in [2.24, 2.45) is 11.7 Å². The second-order valence-corrected chi connectivity index (χ2v) is 2.87. The largest absolute Gasteiger partial charge is 0.417 e. The van der Waals surface area contributed by atoms with Crippen LogP contribution in [0.5, 0.6) is 0 Å². The van der Waals surface area contributed by atoms with E-state index in [0.717, 1.165) is 0 Å². The van der Waals surface area contributed by atoms with E-state index in [0.29, 0.717) is 12.2 Å². The first kappa shape index (κ1) is 8.86. The van der Waals surface area contributed by atoms with E-state index in [2.05, 4.69) is 10.2 Å². The number of rotatable bonds is 3. The van der Waals surface area contributed by atoms with Crippen LogP contribution >= 0.6 is 0 Å². The van der Waals surface area contributed by atoms with E-state index >= 15 is 0 Å². The van der Waals surface area contributed by atoms with Crippen molar-refractivity contribution in [3.05, 3.63) is 11.8 Å². The zero-order chi connectivity index (χ0) is 9.14. The van der Waals surface area contributed by atoms with Gasteiger partial charge < -0.3 is 10.2 Å². The molecule has 0 bridgehead atoms. The van der Waals surface area contributed by atoms with Crippen LogP contribution in [0.4, 0.5) is 0 Å². The molecule has 1 aromatic rings. The molecule has 0 spiro atoms. The highest BCUT2D eigenvalue weighted by atomic mass is 16.4. The van der Waals surface area contributed by atoms with Crippen LogP contribution in [0.25, 0.3) is 0 Å². The van der Waals surface area contributed by atoms with Crippen molar-refractivity contribution in [2.45, 2.75) is 19.9 Å². The molecule has 1 atom stereocenters. The molecule has 1 rings (SSSR count). The highest BCUT2D eigenvalue weighted by molar-refractivity contribution is 5.66. The molecule has 0 aliphatic carbocycles. The Morgan fingerprint density at radius 3 is 2.58 bits per heavy atom. The van der Waals surface area contributed by atoms with Crippen molar-refractivity contribution in [1.29, 1.82) is 0 Å². The van der Waals surface area contributed by atoms with Crippen LogP contribution in [0, 0.1) is 5.92 Å². The number of aldehydes is 1. The van der Waals surface area contributed by atoms with Gasteiger partial charge in [0.05, 0.1) is 6.04 Å². The van der Waals surface area contributed by atoms with Crippen LogP contribution in [-0.4, -0.2) is 16.5 Å². The summed E-state index contributed by atoms with van der Waals surface area (Å²) < 4.78 is 4.94. The van der Waals surface area contributed by atoms with Crippen molar-refractivity contribution < 1.29 is 9.21 Å². The molecule has 66 valence electrons. The average molecular weight is 169 g/mol. The van der Waals surface area contributed by atoms with Crippen molar-refractivity contribution in [2.75, 3.05) is 0 Å². The highest BCUT2D eigenvalue weighted by Crippen LogP contribution is 2.16. The first-order valence-electron chi connectivity index (χ1n) is 3.69. The van der Waals surface area contributed by atoms with Gasteiger partial charge in [-0.1, -0.05) is 13.8 Å². The standard InChI is InChI=1S/C7H11N3O2/c1-4(2)6(8)7-10-9-5(3-11)12-7/h3-4,6H,8H2,1-2H3/t6-/m0/s1. The van der Waals surface area contributed by atoms with E-state index in [1.807, 2.05) is 13.8 Å². The van der Waals surface area contributed by atoms with Gasteiger partial charge in [0.1, 0.15) is 0 Å². The van der Waals surface area contributed by atoms with E-state index in [1.54, 1.807) is 0 Å². The summed E-state index contributed by atoms with van der Waals surface area (Å²) in [6.45, 7) is 3.88. The fraction of sp³-hybridized carbons (Fsp3) is 0.571. The molecule has 0 radical (unpaired) electrons. The van der Waals surface area contributed by atoms with Gasteiger partial charge in [-0.15, -0.1) is 10.2 Å². The van der Waals surface area contributed by atoms with Gasteiger partial charge >= 0.3 is 0 Å². The predicted molar refractivity (Wildman–Crippen MR) is 41.5 cm³/mol. The number of nitrogens with zero attached hydrogens (tertiary/aromatic N) is 2. The lowest BCUT2D eigenvalue weighted by Gasteiger charge is -2.09. The van der Waals surface area contributed by atoms with Crippen molar-refractivity contribution in [1.82, 2.24) is 10.2 Å². The lowest BCUT2D eigenvalue weighted by Crippen LogP contribution is -2.16. The van der Waals surface area contributed by atoms with Gasteiger partial charge in [0.25, 0.3) is 5.89 Å². The fourth-order valence-electron chi connectivity index (χ4n) is 0.714. The Morgan fingerprint density at radius 1 is 1.50 bits per heavy atom. The van der Waals surface area contributed by atoms with Crippen LogP contribution in [-0.2, 0) is 0 Å². The molecule has 0 aromatic carbocycles. The second-order valence-electron chi connectivity index (χ2n) is 2.87. The molecule has 0 fully saturated rings. The van der Waals surface area contributed by atoms with Crippen LogP contribution in [0.1, 0.15) is 36.5 Å². The van der Waals surface area contributed by atoms with E-state index in [4.69, 9.17) is 10.2 Å². The monoisotopic (exact) mass is 169 g/mol. The summed E-state index contributed by atoms with van der Waals surface area (Å²) in [6, 6.07) is -0.300. The Balaban J connectivity index is 2.81. The summed E-state index contributed by atoms with van der Waals surface area (Å²) in [7, 11) is 0. The Hall–Kier alpha value is -1.23. The van der Waals surface area contributed by atoms with Gasteiger partial charge in [-0.3, -0.25) is 4.79 Å². The predicted octanol–water partition coefficient (Wildman–Crippen LogP) is 0.538. The Morgan fingerprint density at radius 2 is 2.17 bits per heavy atom. The Kier molecular flexibility index (Phi) is 2.54. The minimum absolute atomic E-state index is 0.0268. The molecule has 5 nitrogen and oxygen atoms in total. The maximum absolute atomic E-state index is 10.2. The van der Waals surface area contributed by atoms with Crippen molar-refractivity contribution in [3.8, 4) is 0 Å². The smallest absolute Gasteiger partial charge is 0.280 e. The summed E-state index contributed by atoms with van der Waals surface area (Å²) in [5, 5.41) is 7.11. The molecule has 12 heavy (non-hydrogen) atoms. The topological polar surface area (TPSA) is 82.0 Å². The van der Waals surface area contributed by atoms with E-state index in [-0.39, 0.29) is 17.9 Å². The molecule has 1 aromatic heterocycles. The number of carbonyl (C=O) groups excluding carboxylic acids is 1. The van der Waals surface area contributed by atoms with Crippen molar-refractivity contribution in [3.63, 3.8) is 0 Å². The number of hydrogen-bond acceptors (Lipinski definition) is 5. The third-order valence-corrected chi connectivity index (χ3v) is 1.56. The third kappa shape index (κ3) is 1.68. The molecule has 0 saturated carbocycles. The summed E-state index contributed by atoms with van der Waals surface area (Å²) in [5.74, 6) is 0.498. The zero-order valence-electron chi connectivity index (χ0n) is 7.02. The van der Waals surface area contributed by atoms with Gasteiger partial charge in [-0.25, -0.2) is 0 Å². The molecule has 0 aliphatic rings. The van der Waals surface area contributed by atoms with E-state index in [1.165, 1.54) is 0 Å². The summed E-state index contributed by atoms with van der Waals surface area (Å²) in [5.41, 5.74) is 5.69. The first-order valence-corrected chi connectivity index (χ1v) is 3.69. The lowest BCUT2D eigenvalue weighted by molar-refractivity contribution is 0.109. The SMILES string of the molecule is CC(C)[C@H](N)c1nnc(C=O)o1. The molecule has 1 heterocycles. The normalized spacial score (nSPS) is 13.3. The molecular formula is C7H11N3O2. The number of carbonyl (C=O) groups is 1. The summed E-state index contributed by atoms with van der Waals surface area (Å²) in [6.07, 6.45) is 0.504. The fourth-order valence-corrected chi connectivity index (χ4v) is 0.714. The molecule has 0 saturated heterocycles. The van der Waals surface area contributed by atoms with E-state index in [9.17, 15) is 4.79 Å². The molecule has 0 aliphatic heterocycles. The lowest BCUT2D eigenvalue weighted by atomic mass is 10.1. The maximum Gasteiger partial charge on any atom is 0.280 e. The molecular weight excluding hydrogens is 158 g/mol. The molecule has 5 heteroatoms. The van der Waals surface area contributed by atoms with Crippen LogP contribution in [0.3, 0.4) is 0 Å². The number of aromatic nitrogens is 2. The second kappa shape index (κ2) is 3.44. The first-order chi connectivity index (χ1) is 5.65. The zero-order valence-corrected chi connectivity index (χ0v) is 7.02. The van der Waals surface area contributed by atoms with Gasteiger partial charge in [0.2, 0.25) is 12.2 Å². The molecule has 0 amide bonds. The number of hydrogen-bond donors (Lipinski definition) is 1. The molecule has 2 N–H and O–H groups in total. The summed E-state index contributed by atoms with van der Waals surface area (Å²) in [4.78, 5) is 10.2. The summed E-state index contributed by atoms with van der Waals surface area (Å²) >= 11 is 0. The van der Waals surface area contributed by atoms with Crippen LogP contribution in [0.2, 0.25) is 0 Å². The maximum atomic E-state index is 10.2. The van der Waals surface area contributed by atoms with Gasteiger partial charge in [0, 0.05) is 0 Å². The Bertz CT molecular complexity index is 269. The molecule has 0 unspecified atom stereocenters. The quantitative estimate of drug-likeness (QED) is 0.667. The van der Waals surface area contributed by atoms with Crippen LogP contribution in [0.15, 0.2) is 4.42 Å². The van der Waals surface area contributed by atoms with Gasteiger partial charge in [-0.2, -0.15) is 0 Å². The van der Waals surface area contributed by atoms with Crippen molar-refractivity contribution >= 4 is 6.29 Å². The third-order valence-electron chi connectivity index (χ3n) is 1.56. The average Bonchev–Trinajstić information content (AvgIpc) is 2.50. The minimum atomic E-state index is -0.300. The highest BCUT2D eigenvalue weighted by Gasteiger charge is 2.17. The van der Waals surface area contributed by atoms with Gasteiger partial charge in [-0.05, 0) is 5.92 Å². The Labute approximate surface area is 70.0 Å². The van der Waals surface area contributed by atoms with Crippen LogP contribution < -0.4 is 5.73 Å². The van der Waals surface area contributed by atoms with Gasteiger partial charge in [0.15, 0.2) is 0 Å². The number of nitrogens with two attached hydrogens (primary N) is 1. The van der Waals surface area contributed by atoms with E-state index < -0.39 is 0 Å². The minimum Gasteiger partial charge on any atom is -0.417 e.